The number of imide groups is 1. The fraction of sp³-hybridized carbons (Fsp3) is 0.417. The SMILES string of the molecule is Cc1ccc(C2=NN(C(=O)CN3C(=O)[C@H]4CCCC[C@@H]4C3=O)[C@H](c3ccco3)C2)cc1. The summed E-state index contributed by atoms with van der Waals surface area (Å²) in [6, 6.07) is 11.2. The number of nitrogens with zero attached hydrogens (tertiary/aromatic N) is 3. The van der Waals surface area contributed by atoms with Crippen LogP contribution >= 0.6 is 0 Å². The molecule has 3 amide bonds. The third-order valence-corrected chi connectivity index (χ3v) is 6.65. The van der Waals surface area contributed by atoms with E-state index in [1.807, 2.05) is 37.3 Å². The fourth-order valence-corrected chi connectivity index (χ4v) is 4.96. The number of hydrazone groups is 1. The fourth-order valence-electron chi connectivity index (χ4n) is 4.96. The first-order valence-electron chi connectivity index (χ1n) is 10.9. The Labute approximate surface area is 180 Å². The molecule has 0 spiro atoms. The van der Waals surface area contributed by atoms with Crippen molar-refractivity contribution in [1.29, 1.82) is 0 Å². The normalized spacial score (nSPS) is 25.7. The van der Waals surface area contributed by atoms with Crippen LogP contribution in [0.3, 0.4) is 0 Å². The molecular weight excluding hydrogens is 394 g/mol. The molecule has 2 fully saturated rings. The number of hydrogen-bond donors (Lipinski definition) is 0. The van der Waals surface area contributed by atoms with Crippen LogP contribution in [-0.4, -0.2) is 39.9 Å². The van der Waals surface area contributed by atoms with E-state index in [0.717, 1.165) is 47.4 Å². The van der Waals surface area contributed by atoms with Gasteiger partial charge in [-0.15, -0.1) is 0 Å². The summed E-state index contributed by atoms with van der Waals surface area (Å²) in [5.74, 6) is -0.685. The van der Waals surface area contributed by atoms with E-state index in [4.69, 9.17) is 4.42 Å². The van der Waals surface area contributed by atoms with Gasteiger partial charge in [-0.25, -0.2) is 5.01 Å². The highest BCUT2D eigenvalue weighted by atomic mass is 16.3. The maximum absolute atomic E-state index is 13.3. The van der Waals surface area contributed by atoms with Crippen molar-refractivity contribution in [3.63, 3.8) is 0 Å². The lowest BCUT2D eigenvalue weighted by Gasteiger charge is -2.22. The second kappa shape index (κ2) is 7.80. The number of furan rings is 1. The molecule has 1 aliphatic carbocycles. The number of fused-ring (bicyclic) bond motifs is 1. The predicted molar refractivity (Wildman–Crippen MR) is 113 cm³/mol. The van der Waals surface area contributed by atoms with Crippen molar-refractivity contribution < 1.29 is 18.8 Å². The number of carbonyl (C=O) groups excluding carboxylic acids is 3. The van der Waals surface area contributed by atoms with Gasteiger partial charge in [-0.1, -0.05) is 42.7 Å². The minimum absolute atomic E-state index is 0.209. The van der Waals surface area contributed by atoms with Crippen molar-refractivity contribution in [3.8, 4) is 0 Å². The van der Waals surface area contributed by atoms with Crippen LogP contribution in [0.2, 0.25) is 0 Å². The summed E-state index contributed by atoms with van der Waals surface area (Å²) in [4.78, 5) is 40.0. The molecule has 1 saturated carbocycles. The Kier molecular flexibility index (Phi) is 4.96. The number of hydrogen-bond acceptors (Lipinski definition) is 5. The van der Waals surface area contributed by atoms with Gasteiger partial charge >= 0.3 is 0 Å². The molecule has 1 aromatic heterocycles. The lowest BCUT2D eigenvalue weighted by Crippen LogP contribution is -2.41. The first-order valence-corrected chi connectivity index (χ1v) is 10.9. The van der Waals surface area contributed by atoms with Crippen LogP contribution < -0.4 is 0 Å². The van der Waals surface area contributed by atoms with Gasteiger partial charge in [-0.05, 0) is 37.5 Å². The molecular formula is C24H25N3O4. The van der Waals surface area contributed by atoms with Crippen molar-refractivity contribution >= 4 is 23.4 Å². The molecule has 7 nitrogen and oxygen atoms in total. The summed E-state index contributed by atoms with van der Waals surface area (Å²) in [6.07, 6.45) is 5.45. The molecule has 5 rings (SSSR count). The summed E-state index contributed by atoms with van der Waals surface area (Å²) < 4.78 is 5.58. The Morgan fingerprint density at radius 2 is 1.74 bits per heavy atom. The molecule has 31 heavy (non-hydrogen) atoms. The Morgan fingerprint density at radius 3 is 2.35 bits per heavy atom. The lowest BCUT2D eigenvalue weighted by atomic mass is 9.81. The van der Waals surface area contributed by atoms with Crippen LogP contribution in [0.1, 0.15) is 55.0 Å². The summed E-state index contributed by atoms with van der Waals surface area (Å²) in [6.45, 7) is 1.75. The van der Waals surface area contributed by atoms with Crippen molar-refractivity contribution in [2.24, 2.45) is 16.9 Å². The summed E-state index contributed by atoms with van der Waals surface area (Å²) in [5.41, 5.74) is 2.87. The molecule has 160 valence electrons. The maximum Gasteiger partial charge on any atom is 0.263 e. The molecule has 3 atom stereocenters. The average Bonchev–Trinajstić information content (AvgIpc) is 3.51. The zero-order chi connectivity index (χ0) is 21.5. The minimum atomic E-state index is -0.395. The molecule has 1 aromatic carbocycles. The maximum atomic E-state index is 13.3. The van der Waals surface area contributed by atoms with Gasteiger partial charge in [0.2, 0.25) is 11.8 Å². The number of carbonyl (C=O) groups is 3. The molecule has 0 bridgehead atoms. The van der Waals surface area contributed by atoms with E-state index in [2.05, 4.69) is 5.10 Å². The van der Waals surface area contributed by atoms with Crippen LogP contribution in [0, 0.1) is 18.8 Å². The van der Waals surface area contributed by atoms with E-state index in [-0.39, 0.29) is 36.1 Å². The quantitative estimate of drug-likeness (QED) is 0.711. The van der Waals surface area contributed by atoms with Crippen molar-refractivity contribution in [3.05, 3.63) is 59.5 Å². The van der Waals surface area contributed by atoms with Crippen molar-refractivity contribution in [1.82, 2.24) is 9.91 Å². The summed E-state index contributed by atoms with van der Waals surface area (Å²) >= 11 is 0. The highest BCUT2D eigenvalue weighted by Gasteiger charge is 2.49. The van der Waals surface area contributed by atoms with Gasteiger partial charge in [-0.3, -0.25) is 19.3 Å². The number of rotatable bonds is 4. The number of likely N-dealkylation sites (tertiary alicyclic amines) is 1. The smallest absolute Gasteiger partial charge is 0.263 e. The zero-order valence-electron chi connectivity index (χ0n) is 17.5. The average molecular weight is 419 g/mol. The summed E-state index contributed by atoms with van der Waals surface area (Å²) in [5, 5.41) is 5.98. The summed E-state index contributed by atoms with van der Waals surface area (Å²) in [7, 11) is 0. The molecule has 2 aromatic rings. The van der Waals surface area contributed by atoms with Gasteiger partial charge in [-0.2, -0.15) is 5.10 Å². The largest absolute Gasteiger partial charge is 0.467 e. The first kappa shape index (κ1) is 19.7. The molecule has 2 aliphatic heterocycles. The number of benzene rings is 1. The van der Waals surface area contributed by atoms with E-state index in [1.165, 1.54) is 5.01 Å². The molecule has 0 N–H and O–H groups in total. The molecule has 7 heteroatoms. The van der Waals surface area contributed by atoms with Crippen molar-refractivity contribution in [2.45, 2.75) is 45.1 Å². The van der Waals surface area contributed by atoms with Crippen molar-refractivity contribution in [2.75, 3.05) is 6.54 Å². The van der Waals surface area contributed by atoms with Crippen LogP contribution in [0.5, 0.6) is 0 Å². The second-order valence-electron chi connectivity index (χ2n) is 8.65. The van der Waals surface area contributed by atoms with Gasteiger partial charge in [0.05, 0.1) is 23.8 Å². The number of aryl methyl sites for hydroxylation is 1. The molecule has 0 radical (unpaired) electrons. The minimum Gasteiger partial charge on any atom is -0.467 e. The monoisotopic (exact) mass is 419 g/mol. The molecule has 3 heterocycles. The highest BCUT2D eigenvalue weighted by molar-refractivity contribution is 6.08. The van der Waals surface area contributed by atoms with E-state index in [0.29, 0.717) is 12.2 Å². The van der Waals surface area contributed by atoms with Gasteiger partial charge in [0.15, 0.2) is 0 Å². The predicted octanol–water partition coefficient (Wildman–Crippen LogP) is 3.44. The highest BCUT2D eigenvalue weighted by Crippen LogP contribution is 2.39. The Bertz CT molecular complexity index is 1020. The number of amides is 3. The third-order valence-electron chi connectivity index (χ3n) is 6.65. The Balaban J connectivity index is 1.40. The van der Waals surface area contributed by atoms with Crippen LogP contribution in [0.15, 0.2) is 52.2 Å². The zero-order valence-corrected chi connectivity index (χ0v) is 17.5. The standard InChI is InChI=1S/C24H25N3O4/c1-15-8-10-16(11-9-15)19-13-20(21-7-4-12-31-21)27(25-19)22(28)14-26-23(29)17-5-2-3-6-18(17)24(26)30/h4,7-12,17-18,20H,2-3,5-6,13-14H2,1H3/t17-,18-,20-/m0/s1. The van der Waals surface area contributed by atoms with E-state index in [9.17, 15) is 14.4 Å². The second-order valence-corrected chi connectivity index (χ2v) is 8.65. The van der Waals surface area contributed by atoms with E-state index >= 15 is 0 Å². The van der Waals surface area contributed by atoms with Crippen LogP contribution in [0.4, 0.5) is 0 Å². The van der Waals surface area contributed by atoms with Gasteiger partial charge in [0.25, 0.3) is 5.91 Å². The van der Waals surface area contributed by atoms with Gasteiger partial charge in [0, 0.05) is 6.42 Å². The van der Waals surface area contributed by atoms with E-state index < -0.39 is 6.04 Å². The topological polar surface area (TPSA) is 83.2 Å². The Hall–Kier alpha value is -3.22. The molecule has 1 saturated heterocycles. The van der Waals surface area contributed by atoms with Crippen LogP contribution in [0.25, 0.3) is 0 Å². The first-order chi connectivity index (χ1) is 15.0. The van der Waals surface area contributed by atoms with Gasteiger partial charge in [0.1, 0.15) is 18.3 Å². The Morgan fingerprint density at radius 1 is 1.06 bits per heavy atom. The van der Waals surface area contributed by atoms with Crippen LogP contribution in [-0.2, 0) is 14.4 Å². The molecule has 3 aliphatic rings. The third kappa shape index (κ3) is 3.48. The van der Waals surface area contributed by atoms with E-state index in [1.54, 1.807) is 12.3 Å². The molecule has 0 unspecified atom stereocenters. The van der Waals surface area contributed by atoms with Gasteiger partial charge < -0.3 is 4.42 Å². The lowest BCUT2D eigenvalue weighted by molar-refractivity contribution is -0.147.